The van der Waals surface area contributed by atoms with Crippen molar-refractivity contribution in [2.75, 3.05) is 5.32 Å². The van der Waals surface area contributed by atoms with Crippen molar-refractivity contribution in [2.24, 2.45) is 0 Å². The molecule has 0 atom stereocenters. The highest BCUT2D eigenvalue weighted by atomic mass is 127. The first-order valence-corrected chi connectivity index (χ1v) is 8.56. The molecule has 5 nitrogen and oxygen atoms in total. The topological polar surface area (TPSA) is 64.0 Å². The van der Waals surface area contributed by atoms with Crippen LogP contribution in [0.1, 0.15) is 41.5 Å². The molecule has 0 saturated heterocycles. The SMILES string of the molecule is CC(=O)c1cccc(NC(=O)CCCn2nc(C)c(I)c2C)c1. The standard InChI is InChI=1S/C17H20IN3O2/c1-11-17(18)12(2)21(20-11)9-5-8-16(23)19-15-7-4-6-14(10-15)13(3)22/h4,6-7,10H,5,8-9H2,1-3H3,(H,19,23). The van der Waals surface area contributed by atoms with Gasteiger partial charge in [0.05, 0.1) is 9.26 Å². The van der Waals surface area contributed by atoms with Gasteiger partial charge in [-0.05, 0) is 61.9 Å². The lowest BCUT2D eigenvalue weighted by molar-refractivity contribution is -0.116. The van der Waals surface area contributed by atoms with Gasteiger partial charge in [-0.1, -0.05) is 12.1 Å². The van der Waals surface area contributed by atoms with Crippen LogP contribution in [0.4, 0.5) is 5.69 Å². The fourth-order valence-electron chi connectivity index (χ4n) is 2.32. The Morgan fingerprint density at radius 2 is 2.04 bits per heavy atom. The summed E-state index contributed by atoms with van der Waals surface area (Å²) in [5.74, 6) is -0.0674. The molecule has 0 aliphatic rings. The van der Waals surface area contributed by atoms with E-state index in [1.165, 1.54) is 10.5 Å². The molecule has 0 aliphatic heterocycles. The molecule has 2 aromatic rings. The number of Topliss-reactive ketones (excluding diaryl/α,β-unsaturated/α-hetero) is 1. The van der Waals surface area contributed by atoms with Crippen LogP contribution in [-0.4, -0.2) is 21.5 Å². The number of benzene rings is 1. The summed E-state index contributed by atoms with van der Waals surface area (Å²) < 4.78 is 3.12. The van der Waals surface area contributed by atoms with Gasteiger partial charge in [0, 0.05) is 29.9 Å². The van der Waals surface area contributed by atoms with E-state index in [1.54, 1.807) is 24.3 Å². The van der Waals surface area contributed by atoms with Crippen molar-refractivity contribution in [2.45, 2.75) is 40.2 Å². The van der Waals surface area contributed by atoms with Gasteiger partial charge in [-0.2, -0.15) is 5.10 Å². The molecular weight excluding hydrogens is 405 g/mol. The van der Waals surface area contributed by atoms with Gasteiger partial charge >= 0.3 is 0 Å². The zero-order chi connectivity index (χ0) is 17.0. The lowest BCUT2D eigenvalue weighted by Crippen LogP contribution is -2.13. The van der Waals surface area contributed by atoms with Crippen molar-refractivity contribution in [3.63, 3.8) is 0 Å². The molecule has 1 amide bonds. The quantitative estimate of drug-likeness (QED) is 0.567. The fourth-order valence-corrected chi connectivity index (χ4v) is 2.71. The van der Waals surface area contributed by atoms with E-state index in [2.05, 4.69) is 33.0 Å². The number of carbonyl (C=O) groups excluding carboxylic acids is 2. The van der Waals surface area contributed by atoms with Crippen LogP contribution in [0, 0.1) is 17.4 Å². The normalized spacial score (nSPS) is 10.6. The van der Waals surface area contributed by atoms with Gasteiger partial charge in [0.15, 0.2) is 5.78 Å². The second-order valence-corrected chi connectivity index (χ2v) is 6.58. The van der Waals surface area contributed by atoms with E-state index in [4.69, 9.17) is 0 Å². The Kier molecular flexibility index (Phi) is 5.92. The van der Waals surface area contributed by atoms with Crippen LogP contribution in [0.15, 0.2) is 24.3 Å². The third-order valence-corrected chi connectivity index (χ3v) is 5.18. The van der Waals surface area contributed by atoms with E-state index in [9.17, 15) is 9.59 Å². The average Bonchev–Trinajstić information content (AvgIpc) is 2.75. The zero-order valence-electron chi connectivity index (χ0n) is 13.5. The number of aromatic nitrogens is 2. The molecule has 122 valence electrons. The first-order chi connectivity index (χ1) is 10.9. The van der Waals surface area contributed by atoms with E-state index >= 15 is 0 Å². The highest BCUT2D eigenvalue weighted by molar-refractivity contribution is 14.1. The number of aryl methyl sites for hydroxylation is 2. The van der Waals surface area contributed by atoms with E-state index in [1.807, 2.05) is 18.5 Å². The number of ketones is 1. The number of halogens is 1. The molecule has 0 unspecified atom stereocenters. The summed E-state index contributed by atoms with van der Waals surface area (Å²) in [7, 11) is 0. The van der Waals surface area contributed by atoms with Crippen molar-refractivity contribution in [3.8, 4) is 0 Å². The summed E-state index contributed by atoms with van der Waals surface area (Å²) in [6.45, 7) is 6.25. The number of nitrogens with zero attached hydrogens (tertiary/aromatic N) is 2. The number of nitrogens with one attached hydrogen (secondary N) is 1. The molecule has 1 aromatic carbocycles. The predicted molar refractivity (Wildman–Crippen MR) is 98.7 cm³/mol. The van der Waals surface area contributed by atoms with Crippen LogP contribution in [-0.2, 0) is 11.3 Å². The molecule has 23 heavy (non-hydrogen) atoms. The van der Waals surface area contributed by atoms with Crippen molar-refractivity contribution < 1.29 is 9.59 Å². The van der Waals surface area contributed by atoms with Crippen LogP contribution < -0.4 is 5.32 Å². The van der Waals surface area contributed by atoms with E-state index < -0.39 is 0 Å². The Morgan fingerprint density at radius 1 is 1.30 bits per heavy atom. The minimum absolute atomic E-state index is 0.0137. The van der Waals surface area contributed by atoms with Gasteiger partial charge in [-0.3, -0.25) is 14.3 Å². The molecule has 0 aliphatic carbocycles. The highest BCUT2D eigenvalue weighted by Gasteiger charge is 2.09. The van der Waals surface area contributed by atoms with E-state index in [0.29, 0.717) is 17.7 Å². The number of rotatable bonds is 6. The molecule has 6 heteroatoms. The maximum absolute atomic E-state index is 12.0. The molecule has 1 aromatic heterocycles. The largest absolute Gasteiger partial charge is 0.326 e. The van der Waals surface area contributed by atoms with Crippen molar-refractivity contribution >= 4 is 40.0 Å². The van der Waals surface area contributed by atoms with Gasteiger partial charge in [-0.25, -0.2) is 0 Å². The number of hydrogen-bond donors (Lipinski definition) is 1. The third-order valence-electron chi connectivity index (χ3n) is 3.62. The molecular formula is C17H20IN3O2. The number of amides is 1. The molecule has 1 N–H and O–H groups in total. The van der Waals surface area contributed by atoms with Crippen LogP contribution in [0.2, 0.25) is 0 Å². The summed E-state index contributed by atoms with van der Waals surface area (Å²) in [5.41, 5.74) is 3.41. The molecule has 2 rings (SSSR count). The summed E-state index contributed by atoms with van der Waals surface area (Å²) in [6.07, 6.45) is 1.13. The van der Waals surface area contributed by atoms with Crippen LogP contribution in [0.3, 0.4) is 0 Å². The highest BCUT2D eigenvalue weighted by Crippen LogP contribution is 2.16. The summed E-state index contributed by atoms with van der Waals surface area (Å²) >= 11 is 2.29. The maximum Gasteiger partial charge on any atom is 0.224 e. The van der Waals surface area contributed by atoms with E-state index in [0.717, 1.165) is 24.4 Å². The van der Waals surface area contributed by atoms with Gasteiger partial charge in [0.25, 0.3) is 0 Å². The van der Waals surface area contributed by atoms with Gasteiger partial charge in [0.1, 0.15) is 0 Å². The lowest BCUT2D eigenvalue weighted by Gasteiger charge is -2.07. The minimum atomic E-state index is -0.0538. The monoisotopic (exact) mass is 425 g/mol. The van der Waals surface area contributed by atoms with Gasteiger partial charge < -0.3 is 5.32 Å². The second kappa shape index (κ2) is 7.72. The molecule has 0 spiro atoms. The first kappa shape index (κ1) is 17.7. The fraction of sp³-hybridized carbons (Fsp3) is 0.353. The molecule has 0 saturated carbocycles. The van der Waals surface area contributed by atoms with Gasteiger partial charge in [0.2, 0.25) is 5.91 Å². The molecule has 1 heterocycles. The van der Waals surface area contributed by atoms with Crippen LogP contribution in [0.5, 0.6) is 0 Å². The first-order valence-electron chi connectivity index (χ1n) is 7.49. The number of anilines is 1. The smallest absolute Gasteiger partial charge is 0.224 e. The Morgan fingerprint density at radius 3 is 2.65 bits per heavy atom. The van der Waals surface area contributed by atoms with Gasteiger partial charge in [-0.15, -0.1) is 0 Å². The minimum Gasteiger partial charge on any atom is -0.326 e. The van der Waals surface area contributed by atoms with Crippen molar-refractivity contribution in [3.05, 3.63) is 44.8 Å². The van der Waals surface area contributed by atoms with Crippen LogP contribution in [0.25, 0.3) is 0 Å². The average molecular weight is 425 g/mol. The van der Waals surface area contributed by atoms with Crippen LogP contribution >= 0.6 is 22.6 Å². The zero-order valence-corrected chi connectivity index (χ0v) is 15.7. The number of hydrogen-bond acceptors (Lipinski definition) is 3. The Labute approximate surface area is 149 Å². The predicted octanol–water partition coefficient (Wildman–Crippen LogP) is 3.73. The third kappa shape index (κ3) is 4.63. The Balaban J connectivity index is 1.87. The van der Waals surface area contributed by atoms with E-state index in [-0.39, 0.29) is 11.7 Å². The molecule has 0 radical (unpaired) electrons. The summed E-state index contributed by atoms with van der Waals surface area (Å²) in [5, 5.41) is 7.29. The summed E-state index contributed by atoms with van der Waals surface area (Å²) in [4.78, 5) is 23.4. The van der Waals surface area contributed by atoms with Crippen molar-refractivity contribution in [1.82, 2.24) is 9.78 Å². The maximum atomic E-state index is 12.0. The molecule has 0 fully saturated rings. The second-order valence-electron chi connectivity index (χ2n) is 5.50. The number of carbonyl (C=O) groups is 2. The lowest BCUT2D eigenvalue weighted by atomic mass is 10.1. The Bertz CT molecular complexity index is 737. The Hall–Kier alpha value is -1.70. The summed E-state index contributed by atoms with van der Waals surface area (Å²) in [6, 6.07) is 6.99. The molecule has 0 bridgehead atoms. The van der Waals surface area contributed by atoms with Crippen molar-refractivity contribution in [1.29, 1.82) is 0 Å².